The predicted molar refractivity (Wildman–Crippen MR) is 95.6 cm³/mol. The molecule has 0 amide bonds. The smallest absolute Gasteiger partial charge is 0.156 e. The van der Waals surface area contributed by atoms with Crippen molar-refractivity contribution in [1.82, 2.24) is 0 Å². The summed E-state index contributed by atoms with van der Waals surface area (Å²) in [6.45, 7) is 4.25. The second kappa shape index (κ2) is 7.38. The Morgan fingerprint density at radius 1 is 0.864 bits per heavy atom. The van der Waals surface area contributed by atoms with Gasteiger partial charge in [0.25, 0.3) is 0 Å². The van der Waals surface area contributed by atoms with E-state index in [9.17, 15) is 0 Å². The van der Waals surface area contributed by atoms with Gasteiger partial charge in [0.1, 0.15) is 17.2 Å². The van der Waals surface area contributed by atoms with E-state index in [1.165, 1.54) is 0 Å². The van der Waals surface area contributed by atoms with Crippen LogP contribution in [-0.2, 0) is 0 Å². The van der Waals surface area contributed by atoms with Crippen LogP contribution in [-0.4, -0.2) is 14.2 Å². The zero-order chi connectivity index (χ0) is 16.3. The summed E-state index contributed by atoms with van der Waals surface area (Å²) >= 11 is 7.02. The Morgan fingerprint density at radius 2 is 1.50 bits per heavy atom. The van der Waals surface area contributed by atoms with Gasteiger partial charge in [-0.25, -0.2) is 0 Å². The van der Waals surface area contributed by atoms with Gasteiger partial charge in [-0.05, 0) is 68.1 Å². The quantitative estimate of drug-likeness (QED) is 0.570. The summed E-state index contributed by atoms with van der Waals surface area (Å²) in [5, 5.41) is 0. The third-order valence-corrected chi connectivity index (χ3v) is 4.43. The molecule has 5 heteroatoms. The molecular formula is C17H18Br2O3. The monoisotopic (exact) mass is 428 g/mol. The molecule has 0 fully saturated rings. The molecule has 0 unspecified atom stereocenters. The molecule has 2 aromatic rings. The van der Waals surface area contributed by atoms with Crippen LogP contribution in [0.15, 0.2) is 39.3 Å². The van der Waals surface area contributed by atoms with Crippen molar-refractivity contribution in [3.63, 3.8) is 0 Å². The van der Waals surface area contributed by atoms with Crippen LogP contribution in [0.4, 0.5) is 0 Å². The molecule has 2 rings (SSSR count). The first-order valence-corrected chi connectivity index (χ1v) is 8.43. The third kappa shape index (κ3) is 3.76. The van der Waals surface area contributed by atoms with Crippen molar-refractivity contribution in [2.45, 2.75) is 19.8 Å². The molecule has 0 radical (unpaired) electrons. The van der Waals surface area contributed by atoms with Crippen molar-refractivity contribution in [2.24, 2.45) is 0 Å². The second-order valence-corrected chi connectivity index (χ2v) is 6.79. The molecule has 0 heterocycles. The highest BCUT2D eigenvalue weighted by Gasteiger charge is 2.13. The van der Waals surface area contributed by atoms with Crippen molar-refractivity contribution in [1.29, 1.82) is 0 Å². The van der Waals surface area contributed by atoms with Crippen LogP contribution < -0.4 is 14.2 Å². The van der Waals surface area contributed by atoms with Gasteiger partial charge in [-0.2, -0.15) is 0 Å². The number of ether oxygens (including phenoxy) is 3. The van der Waals surface area contributed by atoms with Crippen LogP contribution in [0.2, 0.25) is 0 Å². The summed E-state index contributed by atoms with van der Waals surface area (Å²) in [4.78, 5) is 0. The first-order chi connectivity index (χ1) is 10.5. The largest absolute Gasteiger partial charge is 0.497 e. The average Bonchev–Trinajstić information content (AvgIpc) is 2.50. The van der Waals surface area contributed by atoms with Crippen molar-refractivity contribution in [3.05, 3.63) is 44.8 Å². The summed E-state index contributed by atoms with van der Waals surface area (Å²) in [5.41, 5.74) is 1.11. The molecule has 0 saturated carbocycles. The Kier molecular flexibility index (Phi) is 5.75. The van der Waals surface area contributed by atoms with Gasteiger partial charge in [0.15, 0.2) is 5.75 Å². The number of hydrogen-bond donors (Lipinski definition) is 0. The van der Waals surface area contributed by atoms with Gasteiger partial charge in [-0.15, -0.1) is 0 Å². The van der Waals surface area contributed by atoms with E-state index < -0.39 is 0 Å². The standard InChI is InChI=1S/C17H18Br2O3/c1-10(2)13-7-11(5-6-16(13)21-4)22-17-14(18)8-12(20-3)9-15(17)19/h5-10H,1-4H3. The molecule has 0 atom stereocenters. The molecule has 0 aliphatic carbocycles. The first kappa shape index (κ1) is 17.2. The Labute approximate surface area is 147 Å². The molecule has 0 bridgehead atoms. The first-order valence-electron chi connectivity index (χ1n) is 6.85. The van der Waals surface area contributed by atoms with Gasteiger partial charge in [-0.3, -0.25) is 0 Å². The van der Waals surface area contributed by atoms with E-state index in [-0.39, 0.29) is 0 Å². The fraction of sp³-hybridized carbons (Fsp3) is 0.294. The van der Waals surface area contributed by atoms with E-state index in [2.05, 4.69) is 45.7 Å². The van der Waals surface area contributed by atoms with Gasteiger partial charge >= 0.3 is 0 Å². The summed E-state index contributed by atoms with van der Waals surface area (Å²) in [7, 11) is 3.31. The minimum atomic E-state index is 0.348. The minimum Gasteiger partial charge on any atom is -0.497 e. The highest BCUT2D eigenvalue weighted by Crippen LogP contribution is 2.41. The van der Waals surface area contributed by atoms with Crippen LogP contribution in [0.1, 0.15) is 25.3 Å². The zero-order valence-electron chi connectivity index (χ0n) is 12.9. The maximum Gasteiger partial charge on any atom is 0.156 e. The van der Waals surface area contributed by atoms with Gasteiger partial charge in [0.05, 0.1) is 23.2 Å². The maximum atomic E-state index is 6.02. The predicted octanol–water partition coefficient (Wildman–Crippen LogP) is 6.14. The fourth-order valence-electron chi connectivity index (χ4n) is 2.10. The third-order valence-electron chi connectivity index (χ3n) is 3.25. The fourth-order valence-corrected chi connectivity index (χ4v) is 3.40. The summed E-state index contributed by atoms with van der Waals surface area (Å²) in [6, 6.07) is 9.57. The molecule has 3 nitrogen and oxygen atoms in total. The van der Waals surface area contributed by atoms with Gasteiger partial charge in [-0.1, -0.05) is 13.8 Å². The zero-order valence-corrected chi connectivity index (χ0v) is 16.1. The molecule has 118 valence electrons. The number of halogens is 2. The van der Waals surface area contributed by atoms with Crippen LogP contribution >= 0.6 is 31.9 Å². The topological polar surface area (TPSA) is 27.7 Å². The molecule has 0 aromatic heterocycles. The van der Waals surface area contributed by atoms with Crippen molar-refractivity contribution < 1.29 is 14.2 Å². The molecule has 22 heavy (non-hydrogen) atoms. The Hall–Kier alpha value is -1.20. The van der Waals surface area contributed by atoms with Crippen molar-refractivity contribution in [2.75, 3.05) is 14.2 Å². The Morgan fingerprint density at radius 3 is 2.00 bits per heavy atom. The van der Waals surface area contributed by atoms with Gasteiger partial charge in [0.2, 0.25) is 0 Å². The van der Waals surface area contributed by atoms with Crippen LogP contribution in [0.3, 0.4) is 0 Å². The second-order valence-electron chi connectivity index (χ2n) is 5.08. The summed E-state index contributed by atoms with van der Waals surface area (Å²) < 4.78 is 18.3. The lowest BCUT2D eigenvalue weighted by Gasteiger charge is -2.15. The summed E-state index contributed by atoms with van der Waals surface area (Å²) in [5.74, 6) is 3.44. The van der Waals surface area contributed by atoms with E-state index in [0.29, 0.717) is 11.7 Å². The highest BCUT2D eigenvalue weighted by molar-refractivity contribution is 9.11. The molecule has 0 spiro atoms. The van der Waals surface area contributed by atoms with Gasteiger partial charge < -0.3 is 14.2 Å². The number of benzene rings is 2. The van der Waals surface area contributed by atoms with Crippen LogP contribution in [0.5, 0.6) is 23.0 Å². The lowest BCUT2D eigenvalue weighted by atomic mass is 10.0. The normalized spacial score (nSPS) is 10.7. The van der Waals surface area contributed by atoms with E-state index in [1.807, 2.05) is 30.3 Å². The van der Waals surface area contributed by atoms with Crippen molar-refractivity contribution >= 4 is 31.9 Å². The van der Waals surface area contributed by atoms with E-state index in [0.717, 1.165) is 31.8 Å². The number of rotatable bonds is 5. The Balaban J connectivity index is 2.37. The molecule has 0 aliphatic heterocycles. The van der Waals surface area contributed by atoms with E-state index in [4.69, 9.17) is 14.2 Å². The van der Waals surface area contributed by atoms with Gasteiger partial charge in [0, 0.05) is 5.56 Å². The maximum absolute atomic E-state index is 6.02. The molecule has 0 aliphatic rings. The summed E-state index contributed by atoms with van der Waals surface area (Å²) in [6.07, 6.45) is 0. The molecule has 0 saturated heterocycles. The van der Waals surface area contributed by atoms with Crippen molar-refractivity contribution in [3.8, 4) is 23.0 Å². The van der Waals surface area contributed by atoms with E-state index in [1.54, 1.807) is 14.2 Å². The SMILES string of the molecule is COc1cc(Br)c(Oc2ccc(OC)c(C(C)C)c2)c(Br)c1. The lowest BCUT2D eigenvalue weighted by molar-refractivity contribution is 0.404. The average molecular weight is 430 g/mol. The molecule has 0 N–H and O–H groups in total. The van der Waals surface area contributed by atoms with Crippen LogP contribution in [0.25, 0.3) is 0 Å². The highest BCUT2D eigenvalue weighted by atomic mass is 79.9. The molecular weight excluding hydrogens is 412 g/mol. The number of hydrogen-bond acceptors (Lipinski definition) is 3. The number of methoxy groups -OCH3 is 2. The van der Waals surface area contributed by atoms with Crippen LogP contribution in [0, 0.1) is 0 Å². The Bertz CT molecular complexity index is 646. The lowest BCUT2D eigenvalue weighted by Crippen LogP contribution is -1.96. The molecule has 2 aromatic carbocycles. The van der Waals surface area contributed by atoms with E-state index >= 15 is 0 Å². The minimum absolute atomic E-state index is 0.348.